The Labute approximate surface area is 100 Å². The third-order valence-electron chi connectivity index (χ3n) is 2.29. The topological polar surface area (TPSA) is 59.6 Å². The molecule has 1 N–H and O–H groups in total. The predicted molar refractivity (Wildman–Crippen MR) is 64.1 cm³/mol. The second-order valence-corrected chi connectivity index (χ2v) is 3.83. The van der Waals surface area contributed by atoms with Crippen molar-refractivity contribution in [1.29, 1.82) is 10.5 Å². The van der Waals surface area contributed by atoms with E-state index in [1.54, 1.807) is 18.2 Å². The van der Waals surface area contributed by atoms with Gasteiger partial charge >= 0.3 is 0 Å². The molecule has 0 fully saturated rings. The molecule has 0 heterocycles. The summed E-state index contributed by atoms with van der Waals surface area (Å²) in [5.41, 5.74) is 1.30. The van der Waals surface area contributed by atoms with Gasteiger partial charge in [-0.15, -0.1) is 0 Å². The highest BCUT2D eigenvalue weighted by molar-refractivity contribution is 6.33. The maximum atomic E-state index is 8.69. The van der Waals surface area contributed by atoms with E-state index >= 15 is 0 Å². The minimum absolute atomic E-state index is 0.0930. The monoisotopic (exact) mass is 233 g/mol. The van der Waals surface area contributed by atoms with E-state index in [1.165, 1.54) is 0 Å². The standard InChI is InChI=1S/C12H12ClN3/c1-2-10(5-6-14)16-12-4-3-9(8-15)7-11(12)13/h3-4,7,10,16H,2,5H2,1H3. The minimum atomic E-state index is 0.0930. The molecule has 0 aliphatic heterocycles. The summed E-state index contributed by atoms with van der Waals surface area (Å²) in [6, 6.07) is 9.32. The summed E-state index contributed by atoms with van der Waals surface area (Å²) in [7, 11) is 0. The number of rotatable bonds is 4. The molecule has 0 spiro atoms. The van der Waals surface area contributed by atoms with E-state index in [2.05, 4.69) is 11.4 Å². The van der Waals surface area contributed by atoms with E-state index in [4.69, 9.17) is 22.1 Å². The normalized spacial score (nSPS) is 11.2. The average molecular weight is 234 g/mol. The lowest BCUT2D eigenvalue weighted by Gasteiger charge is -2.16. The van der Waals surface area contributed by atoms with E-state index in [0.29, 0.717) is 17.0 Å². The van der Waals surface area contributed by atoms with Crippen LogP contribution in [0.25, 0.3) is 0 Å². The molecule has 0 amide bonds. The largest absolute Gasteiger partial charge is 0.380 e. The Hall–Kier alpha value is -1.71. The first-order valence-corrected chi connectivity index (χ1v) is 5.42. The van der Waals surface area contributed by atoms with E-state index in [-0.39, 0.29) is 6.04 Å². The Bertz CT molecular complexity index is 443. The van der Waals surface area contributed by atoms with Crippen LogP contribution in [0.1, 0.15) is 25.3 Å². The summed E-state index contributed by atoms with van der Waals surface area (Å²) < 4.78 is 0. The van der Waals surface area contributed by atoms with Gasteiger partial charge in [0.25, 0.3) is 0 Å². The second-order valence-electron chi connectivity index (χ2n) is 3.42. The van der Waals surface area contributed by atoms with Gasteiger partial charge in [-0.2, -0.15) is 10.5 Å². The highest BCUT2D eigenvalue weighted by Crippen LogP contribution is 2.24. The van der Waals surface area contributed by atoms with Crippen molar-refractivity contribution in [1.82, 2.24) is 0 Å². The lowest BCUT2D eigenvalue weighted by Crippen LogP contribution is -2.17. The summed E-state index contributed by atoms with van der Waals surface area (Å²) in [5, 5.41) is 21.0. The molecule has 0 aliphatic rings. The molecule has 1 aromatic carbocycles. The molecular formula is C12H12ClN3. The van der Waals surface area contributed by atoms with Crippen LogP contribution >= 0.6 is 11.6 Å². The number of nitrogens with zero attached hydrogens (tertiary/aromatic N) is 2. The van der Waals surface area contributed by atoms with Crippen LogP contribution in [-0.2, 0) is 0 Å². The number of halogens is 1. The molecule has 0 saturated carbocycles. The molecule has 1 atom stereocenters. The lowest BCUT2D eigenvalue weighted by atomic mass is 10.1. The average Bonchev–Trinajstić information content (AvgIpc) is 2.30. The third kappa shape index (κ3) is 3.15. The Kier molecular flexibility index (Phi) is 4.64. The van der Waals surface area contributed by atoms with Crippen LogP contribution in [-0.4, -0.2) is 6.04 Å². The van der Waals surface area contributed by atoms with E-state index in [9.17, 15) is 0 Å². The van der Waals surface area contributed by atoms with Crippen molar-refractivity contribution < 1.29 is 0 Å². The van der Waals surface area contributed by atoms with Crippen molar-refractivity contribution in [3.8, 4) is 12.1 Å². The highest BCUT2D eigenvalue weighted by atomic mass is 35.5. The summed E-state index contributed by atoms with van der Waals surface area (Å²) in [4.78, 5) is 0. The van der Waals surface area contributed by atoms with Crippen LogP contribution < -0.4 is 5.32 Å². The Morgan fingerprint density at radius 3 is 2.69 bits per heavy atom. The number of anilines is 1. The second kappa shape index (κ2) is 6.00. The highest BCUT2D eigenvalue weighted by Gasteiger charge is 2.08. The van der Waals surface area contributed by atoms with Gasteiger partial charge in [-0.05, 0) is 24.6 Å². The van der Waals surface area contributed by atoms with Crippen LogP contribution in [0.3, 0.4) is 0 Å². The first kappa shape index (κ1) is 12.4. The molecule has 0 saturated heterocycles. The van der Waals surface area contributed by atoms with Gasteiger partial charge in [0.1, 0.15) is 0 Å². The lowest BCUT2D eigenvalue weighted by molar-refractivity contribution is 0.711. The van der Waals surface area contributed by atoms with Crippen molar-refractivity contribution in [2.75, 3.05) is 5.32 Å². The van der Waals surface area contributed by atoms with Gasteiger partial charge in [0.05, 0.1) is 34.8 Å². The predicted octanol–water partition coefficient (Wildman–Crippen LogP) is 3.32. The van der Waals surface area contributed by atoms with Crippen molar-refractivity contribution in [2.45, 2.75) is 25.8 Å². The number of nitriles is 2. The third-order valence-corrected chi connectivity index (χ3v) is 2.60. The van der Waals surface area contributed by atoms with Gasteiger partial charge < -0.3 is 5.32 Å². The number of hydrogen-bond donors (Lipinski definition) is 1. The Morgan fingerprint density at radius 2 is 2.19 bits per heavy atom. The van der Waals surface area contributed by atoms with E-state index in [0.717, 1.165) is 12.1 Å². The molecule has 4 heteroatoms. The van der Waals surface area contributed by atoms with Crippen LogP contribution in [0.5, 0.6) is 0 Å². The molecule has 0 radical (unpaired) electrons. The number of nitrogens with one attached hydrogen (secondary N) is 1. The Balaban J connectivity index is 2.82. The van der Waals surface area contributed by atoms with Gasteiger partial charge in [0, 0.05) is 6.04 Å². The molecule has 0 aliphatic carbocycles. The van der Waals surface area contributed by atoms with Gasteiger partial charge in [0.15, 0.2) is 0 Å². The molecule has 0 bridgehead atoms. The van der Waals surface area contributed by atoms with Gasteiger partial charge in [-0.25, -0.2) is 0 Å². The van der Waals surface area contributed by atoms with Gasteiger partial charge in [0.2, 0.25) is 0 Å². The van der Waals surface area contributed by atoms with Gasteiger partial charge in [-0.3, -0.25) is 0 Å². The quantitative estimate of drug-likeness (QED) is 0.868. The molecular weight excluding hydrogens is 222 g/mol. The van der Waals surface area contributed by atoms with Crippen molar-refractivity contribution in [2.24, 2.45) is 0 Å². The summed E-state index contributed by atoms with van der Waals surface area (Å²) in [5.74, 6) is 0. The zero-order valence-electron chi connectivity index (χ0n) is 9.00. The molecule has 16 heavy (non-hydrogen) atoms. The van der Waals surface area contributed by atoms with E-state index < -0.39 is 0 Å². The van der Waals surface area contributed by atoms with Gasteiger partial charge in [-0.1, -0.05) is 18.5 Å². The fraction of sp³-hybridized carbons (Fsp3) is 0.333. The smallest absolute Gasteiger partial charge is 0.0992 e. The summed E-state index contributed by atoms with van der Waals surface area (Å²) >= 11 is 6.01. The SMILES string of the molecule is CCC(CC#N)Nc1ccc(C#N)cc1Cl. The van der Waals surface area contributed by atoms with Crippen LogP contribution in [0.15, 0.2) is 18.2 Å². The number of hydrogen-bond acceptors (Lipinski definition) is 3. The van der Waals surface area contributed by atoms with E-state index in [1.807, 2.05) is 13.0 Å². The zero-order chi connectivity index (χ0) is 12.0. The first-order valence-electron chi connectivity index (χ1n) is 5.04. The van der Waals surface area contributed by atoms with Crippen LogP contribution in [0.2, 0.25) is 5.02 Å². The maximum Gasteiger partial charge on any atom is 0.0992 e. The van der Waals surface area contributed by atoms with Crippen molar-refractivity contribution >= 4 is 17.3 Å². The molecule has 1 rings (SSSR count). The van der Waals surface area contributed by atoms with Crippen molar-refractivity contribution in [3.05, 3.63) is 28.8 Å². The molecule has 82 valence electrons. The van der Waals surface area contributed by atoms with Crippen LogP contribution in [0, 0.1) is 22.7 Å². The Morgan fingerprint density at radius 1 is 1.44 bits per heavy atom. The zero-order valence-corrected chi connectivity index (χ0v) is 9.75. The minimum Gasteiger partial charge on any atom is -0.380 e. The summed E-state index contributed by atoms with van der Waals surface area (Å²) in [6.07, 6.45) is 1.29. The van der Waals surface area contributed by atoms with Crippen LogP contribution in [0.4, 0.5) is 5.69 Å². The summed E-state index contributed by atoms with van der Waals surface area (Å²) in [6.45, 7) is 2.01. The molecule has 3 nitrogen and oxygen atoms in total. The first-order chi connectivity index (χ1) is 7.71. The molecule has 0 aromatic heterocycles. The van der Waals surface area contributed by atoms with Crippen molar-refractivity contribution in [3.63, 3.8) is 0 Å². The fourth-order valence-electron chi connectivity index (χ4n) is 1.33. The molecule has 1 aromatic rings. The number of benzene rings is 1. The molecule has 1 unspecified atom stereocenters. The fourth-order valence-corrected chi connectivity index (χ4v) is 1.56. The maximum absolute atomic E-state index is 8.69.